The van der Waals surface area contributed by atoms with Gasteiger partial charge in [0.2, 0.25) is 0 Å². The third-order valence-corrected chi connectivity index (χ3v) is 4.88. The summed E-state index contributed by atoms with van der Waals surface area (Å²) >= 11 is 12.0. The number of rotatable bonds is 5. The van der Waals surface area contributed by atoms with Crippen LogP contribution in [-0.4, -0.2) is 11.9 Å². The van der Waals surface area contributed by atoms with Crippen LogP contribution >= 0.6 is 23.2 Å². The summed E-state index contributed by atoms with van der Waals surface area (Å²) in [6, 6.07) is 18.4. The molecule has 0 heterocycles. The highest BCUT2D eigenvalue weighted by Crippen LogP contribution is 2.26. The van der Waals surface area contributed by atoms with Gasteiger partial charge in [0.1, 0.15) is 5.75 Å². The van der Waals surface area contributed by atoms with Crippen LogP contribution in [-0.2, 0) is 0 Å². The van der Waals surface area contributed by atoms with Gasteiger partial charge < -0.3 is 10.1 Å². The van der Waals surface area contributed by atoms with E-state index >= 15 is 0 Å². The zero-order chi connectivity index (χ0) is 21.0. The molecule has 29 heavy (non-hydrogen) atoms. The predicted molar refractivity (Wildman–Crippen MR) is 116 cm³/mol. The summed E-state index contributed by atoms with van der Waals surface area (Å²) < 4.78 is 5.38. The molecule has 0 aromatic heterocycles. The second-order valence-corrected chi connectivity index (χ2v) is 7.61. The Labute approximate surface area is 179 Å². The minimum atomic E-state index is -0.455. The van der Waals surface area contributed by atoms with Gasteiger partial charge in [0.25, 0.3) is 5.91 Å². The van der Waals surface area contributed by atoms with E-state index in [1.807, 2.05) is 12.1 Å². The predicted octanol–water partition coefficient (Wildman–Crippen LogP) is 6.59. The van der Waals surface area contributed by atoms with Gasteiger partial charge in [0.15, 0.2) is 0 Å². The molecule has 148 valence electrons. The van der Waals surface area contributed by atoms with Crippen LogP contribution in [0, 0.1) is 0 Å². The fourth-order valence-corrected chi connectivity index (χ4v) is 2.97. The highest BCUT2D eigenvalue weighted by atomic mass is 35.5. The number of hydrogen-bond donors (Lipinski definition) is 1. The molecule has 6 heteroatoms. The monoisotopic (exact) mass is 427 g/mol. The van der Waals surface area contributed by atoms with Gasteiger partial charge in [-0.2, -0.15) is 0 Å². The van der Waals surface area contributed by atoms with Crippen LogP contribution in [0.25, 0.3) is 0 Å². The Bertz CT molecular complexity index is 1030. The van der Waals surface area contributed by atoms with E-state index in [1.165, 1.54) is 0 Å². The molecule has 0 saturated carbocycles. The average Bonchev–Trinajstić information content (AvgIpc) is 2.71. The van der Waals surface area contributed by atoms with Gasteiger partial charge in [0.05, 0.1) is 16.3 Å². The minimum Gasteiger partial charge on any atom is -0.423 e. The fourth-order valence-electron chi connectivity index (χ4n) is 2.63. The van der Waals surface area contributed by atoms with Crippen LogP contribution < -0.4 is 10.1 Å². The van der Waals surface area contributed by atoms with E-state index in [0.29, 0.717) is 38.5 Å². The lowest BCUT2D eigenvalue weighted by molar-refractivity contribution is 0.0734. The average molecular weight is 428 g/mol. The maximum absolute atomic E-state index is 12.4. The quantitative estimate of drug-likeness (QED) is 0.369. The second-order valence-electron chi connectivity index (χ2n) is 6.77. The van der Waals surface area contributed by atoms with Crippen molar-refractivity contribution >= 4 is 40.8 Å². The smallest absolute Gasteiger partial charge is 0.343 e. The topological polar surface area (TPSA) is 55.4 Å². The summed E-state index contributed by atoms with van der Waals surface area (Å²) in [5, 5.41) is 3.56. The van der Waals surface area contributed by atoms with E-state index in [1.54, 1.807) is 54.6 Å². The van der Waals surface area contributed by atoms with Gasteiger partial charge >= 0.3 is 5.97 Å². The summed E-state index contributed by atoms with van der Waals surface area (Å²) in [5.41, 5.74) is 2.43. The van der Waals surface area contributed by atoms with E-state index in [4.69, 9.17) is 27.9 Å². The lowest BCUT2D eigenvalue weighted by atomic mass is 10.0. The zero-order valence-electron chi connectivity index (χ0n) is 15.9. The van der Waals surface area contributed by atoms with E-state index in [2.05, 4.69) is 19.2 Å². The van der Waals surface area contributed by atoms with Crippen molar-refractivity contribution in [1.29, 1.82) is 0 Å². The molecular formula is C23H19Cl2NO3. The highest BCUT2D eigenvalue weighted by molar-refractivity contribution is 6.35. The summed E-state index contributed by atoms with van der Waals surface area (Å²) in [7, 11) is 0. The van der Waals surface area contributed by atoms with E-state index in [0.717, 1.165) is 5.56 Å². The molecule has 0 aliphatic heterocycles. The van der Waals surface area contributed by atoms with Gasteiger partial charge in [-0.3, -0.25) is 4.79 Å². The fraction of sp³-hybridized carbons (Fsp3) is 0.130. The maximum atomic E-state index is 12.4. The molecule has 0 fully saturated rings. The van der Waals surface area contributed by atoms with Crippen LogP contribution in [0.2, 0.25) is 10.0 Å². The Morgan fingerprint density at radius 3 is 2.10 bits per heavy atom. The highest BCUT2D eigenvalue weighted by Gasteiger charge is 2.12. The molecule has 1 amide bonds. The summed E-state index contributed by atoms with van der Waals surface area (Å²) in [6.45, 7) is 4.18. The molecule has 4 nitrogen and oxygen atoms in total. The van der Waals surface area contributed by atoms with Crippen LogP contribution in [0.4, 0.5) is 5.69 Å². The number of ether oxygens (including phenoxy) is 1. The Morgan fingerprint density at radius 2 is 1.48 bits per heavy atom. The van der Waals surface area contributed by atoms with Crippen LogP contribution in [0.3, 0.4) is 0 Å². The molecule has 3 aromatic carbocycles. The number of halogens is 2. The SMILES string of the molecule is CC(C)c1ccc(C(=O)Oc2ccc(C(=O)Nc3cc(Cl)ccc3Cl)cc2)cc1. The first-order valence-corrected chi connectivity index (χ1v) is 9.77. The van der Waals surface area contributed by atoms with Crippen molar-refractivity contribution in [3.05, 3.63) is 93.5 Å². The number of benzene rings is 3. The number of hydrogen-bond acceptors (Lipinski definition) is 3. The normalized spacial score (nSPS) is 10.7. The number of carbonyl (C=O) groups excluding carboxylic acids is 2. The number of nitrogens with one attached hydrogen (secondary N) is 1. The van der Waals surface area contributed by atoms with Crippen LogP contribution in [0.1, 0.15) is 46.0 Å². The Hall–Kier alpha value is -2.82. The van der Waals surface area contributed by atoms with Crippen molar-refractivity contribution in [2.75, 3.05) is 5.32 Å². The molecule has 0 radical (unpaired) electrons. The Morgan fingerprint density at radius 1 is 0.862 bits per heavy atom. The van der Waals surface area contributed by atoms with Crippen molar-refractivity contribution in [2.24, 2.45) is 0 Å². The molecule has 0 aliphatic carbocycles. The van der Waals surface area contributed by atoms with Crippen LogP contribution in [0.5, 0.6) is 5.75 Å². The van der Waals surface area contributed by atoms with E-state index in [9.17, 15) is 9.59 Å². The van der Waals surface area contributed by atoms with Crippen molar-refractivity contribution in [3.63, 3.8) is 0 Å². The van der Waals surface area contributed by atoms with Crippen molar-refractivity contribution in [1.82, 2.24) is 0 Å². The third kappa shape index (κ3) is 5.37. The van der Waals surface area contributed by atoms with Crippen molar-refractivity contribution in [3.8, 4) is 5.75 Å². The molecule has 1 N–H and O–H groups in total. The number of amides is 1. The molecule has 0 atom stereocenters. The van der Waals surface area contributed by atoms with Gasteiger partial charge in [-0.25, -0.2) is 4.79 Å². The first kappa shape index (κ1) is 20.9. The molecule has 0 aliphatic rings. The molecule has 0 bridgehead atoms. The standard InChI is InChI=1S/C23H19Cl2NO3/c1-14(2)15-3-5-17(6-4-15)23(28)29-19-10-7-16(8-11-19)22(27)26-21-13-18(24)9-12-20(21)25/h3-14H,1-2H3,(H,26,27). The van der Waals surface area contributed by atoms with Gasteiger partial charge in [-0.05, 0) is 66.1 Å². The zero-order valence-corrected chi connectivity index (χ0v) is 17.4. The van der Waals surface area contributed by atoms with Crippen LogP contribution in [0.15, 0.2) is 66.7 Å². The third-order valence-electron chi connectivity index (χ3n) is 4.32. The molecule has 3 aromatic rings. The van der Waals surface area contributed by atoms with Crippen molar-refractivity contribution in [2.45, 2.75) is 19.8 Å². The first-order valence-electron chi connectivity index (χ1n) is 9.02. The van der Waals surface area contributed by atoms with E-state index < -0.39 is 5.97 Å². The van der Waals surface area contributed by atoms with Gasteiger partial charge in [-0.1, -0.05) is 49.2 Å². The maximum Gasteiger partial charge on any atom is 0.343 e. The molecule has 0 spiro atoms. The Balaban J connectivity index is 1.65. The number of esters is 1. The van der Waals surface area contributed by atoms with Crippen molar-refractivity contribution < 1.29 is 14.3 Å². The minimum absolute atomic E-state index is 0.347. The molecule has 0 unspecified atom stereocenters. The molecule has 0 saturated heterocycles. The molecule has 3 rings (SSSR count). The Kier molecular flexibility index (Phi) is 6.57. The van der Waals surface area contributed by atoms with E-state index in [-0.39, 0.29) is 5.91 Å². The summed E-state index contributed by atoms with van der Waals surface area (Å²) in [6.07, 6.45) is 0. The largest absolute Gasteiger partial charge is 0.423 e. The summed E-state index contributed by atoms with van der Waals surface area (Å²) in [4.78, 5) is 24.7. The lowest BCUT2D eigenvalue weighted by Gasteiger charge is -2.09. The van der Waals surface area contributed by atoms with Gasteiger partial charge in [0, 0.05) is 10.6 Å². The number of carbonyl (C=O) groups is 2. The first-order chi connectivity index (χ1) is 13.8. The molecular weight excluding hydrogens is 409 g/mol. The lowest BCUT2D eigenvalue weighted by Crippen LogP contribution is -2.12. The summed E-state index contributed by atoms with van der Waals surface area (Å²) in [5.74, 6) is -0.0691. The second kappa shape index (κ2) is 9.12. The number of anilines is 1. The van der Waals surface area contributed by atoms with Gasteiger partial charge in [-0.15, -0.1) is 0 Å².